The van der Waals surface area contributed by atoms with Crippen LogP contribution in [0.3, 0.4) is 0 Å². The molecule has 0 aliphatic carbocycles. The van der Waals surface area contributed by atoms with Crippen LogP contribution in [0.2, 0.25) is 0 Å². The van der Waals surface area contributed by atoms with E-state index in [0.717, 1.165) is 27.1 Å². The number of hydrogen-bond acceptors (Lipinski definition) is 0. The molecule has 0 atom stereocenters. The molecule has 0 amide bonds. The lowest BCUT2D eigenvalue weighted by molar-refractivity contribution is 0.365. The predicted octanol–water partition coefficient (Wildman–Crippen LogP) is 8.11. The third-order valence-corrected chi connectivity index (χ3v) is 5.90. The average molecular weight is 369 g/mol. The molecule has 29 heavy (non-hydrogen) atoms. The van der Waals surface area contributed by atoms with Gasteiger partial charge in [0.2, 0.25) is 0 Å². The van der Waals surface area contributed by atoms with Crippen LogP contribution in [-0.2, 0) is 5.11 Å². The Kier molecular flexibility index (Phi) is 3.39. The highest BCUT2D eigenvalue weighted by Crippen LogP contribution is 2.46. The van der Waals surface area contributed by atoms with Crippen LogP contribution in [0.25, 0.3) is 54.2 Å². The molecule has 0 saturated heterocycles. The zero-order chi connectivity index (χ0) is 19.4. The van der Waals surface area contributed by atoms with Crippen LogP contribution in [0.15, 0.2) is 103 Å². The van der Waals surface area contributed by atoms with Crippen molar-refractivity contribution in [2.75, 3.05) is 0 Å². The van der Waals surface area contributed by atoms with Gasteiger partial charge >= 0.3 is 0 Å². The maximum Gasteiger partial charge on any atom is 0.194 e. The third kappa shape index (κ3) is 2.28. The summed E-state index contributed by atoms with van der Waals surface area (Å²) in [4.78, 5) is 0. The van der Waals surface area contributed by atoms with Crippen LogP contribution in [-0.4, -0.2) is 0 Å². The van der Waals surface area contributed by atoms with Crippen molar-refractivity contribution in [2.24, 2.45) is 0 Å². The normalized spacial score (nSPS) is 11.6. The van der Waals surface area contributed by atoms with E-state index >= 15 is 0 Å². The van der Waals surface area contributed by atoms with Crippen LogP contribution < -0.4 is 0 Å². The van der Waals surface area contributed by atoms with Gasteiger partial charge in [-0.15, -0.1) is 0 Å². The molecular formula is C28H17O. The highest BCUT2D eigenvalue weighted by molar-refractivity contribution is 6.24. The summed E-state index contributed by atoms with van der Waals surface area (Å²) in [6.07, 6.45) is 0. The minimum absolute atomic E-state index is 0.101. The lowest BCUT2D eigenvalue weighted by atomic mass is 9.86. The third-order valence-electron chi connectivity index (χ3n) is 5.90. The first-order valence-corrected chi connectivity index (χ1v) is 9.84. The summed E-state index contributed by atoms with van der Waals surface area (Å²) in [5, 5.41) is 21.6. The van der Waals surface area contributed by atoms with E-state index in [1.165, 1.54) is 27.1 Å². The van der Waals surface area contributed by atoms with Gasteiger partial charge in [0.1, 0.15) is 0 Å². The van der Waals surface area contributed by atoms with Gasteiger partial charge in [0, 0.05) is 10.8 Å². The van der Waals surface area contributed by atoms with E-state index in [1.54, 1.807) is 0 Å². The van der Waals surface area contributed by atoms with Gasteiger partial charge in [0.05, 0.1) is 0 Å². The molecule has 135 valence electrons. The first-order chi connectivity index (χ1) is 14.3. The molecule has 6 aromatic carbocycles. The van der Waals surface area contributed by atoms with Crippen molar-refractivity contribution in [3.63, 3.8) is 0 Å². The van der Waals surface area contributed by atoms with Crippen molar-refractivity contribution in [3.8, 4) is 16.9 Å². The number of benzene rings is 6. The Hall–Kier alpha value is -3.84. The van der Waals surface area contributed by atoms with Gasteiger partial charge in [0.25, 0.3) is 0 Å². The molecule has 0 heterocycles. The molecule has 0 N–H and O–H groups in total. The number of rotatable bonds is 1. The Balaban J connectivity index is 1.96. The zero-order valence-corrected chi connectivity index (χ0v) is 15.7. The van der Waals surface area contributed by atoms with Gasteiger partial charge in [-0.3, -0.25) is 5.11 Å². The molecule has 0 spiro atoms. The minimum Gasteiger partial charge on any atom is -0.289 e. The first kappa shape index (κ1) is 16.1. The molecule has 0 aliphatic heterocycles. The fraction of sp³-hybridized carbons (Fsp3) is 0. The summed E-state index contributed by atoms with van der Waals surface area (Å²) in [5.41, 5.74) is 2.34. The molecule has 6 rings (SSSR count). The van der Waals surface area contributed by atoms with Gasteiger partial charge in [-0.05, 0) is 49.5 Å². The monoisotopic (exact) mass is 369 g/mol. The first-order valence-electron chi connectivity index (χ1n) is 9.84. The average Bonchev–Trinajstić information content (AvgIpc) is 2.79. The van der Waals surface area contributed by atoms with E-state index in [0.29, 0.717) is 0 Å². The highest BCUT2D eigenvalue weighted by Gasteiger charge is 2.19. The number of hydrogen-bond donors (Lipinski definition) is 0. The molecule has 6 aromatic rings. The van der Waals surface area contributed by atoms with E-state index in [4.69, 9.17) is 0 Å². The molecule has 0 saturated carbocycles. The summed E-state index contributed by atoms with van der Waals surface area (Å²) < 4.78 is 0. The molecule has 0 aromatic heterocycles. The fourth-order valence-electron chi connectivity index (χ4n) is 4.64. The van der Waals surface area contributed by atoms with Gasteiger partial charge in [-0.1, -0.05) is 97.1 Å². The molecule has 0 fully saturated rings. The second kappa shape index (κ2) is 6.08. The Labute approximate surface area is 168 Å². The molecule has 0 bridgehead atoms. The predicted molar refractivity (Wildman–Crippen MR) is 122 cm³/mol. The molecule has 0 aliphatic rings. The second-order valence-electron chi connectivity index (χ2n) is 7.49. The zero-order valence-electron chi connectivity index (χ0n) is 15.7. The van der Waals surface area contributed by atoms with Gasteiger partial charge < -0.3 is 0 Å². The maximum atomic E-state index is 13.2. The lowest BCUT2D eigenvalue weighted by Crippen LogP contribution is -1.90. The second-order valence-corrected chi connectivity index (χ2v) is 7.49. The highest BCUT2D eigenvalue weighted by atomic mass is 16.3. The van der Waals surface area contributed by atoms with Crippen molar-refractivity contribution in [3.05, 3.63) is 103 Å². The molecule has 1 heteroatoms. The van der Waals surface area contributed by atoms with Crippen molar-refractivity contribution in [1.29, 1.82) is 0 Å². The van der Waals surface area contributed by atoms with Crippen molar-refractivity contribution >= 4 is 43.1 Å². The maximum absolute atomic E-state index is 13.2. The minimum atomic E-state index is 0.101. The Morgan fingerprint density at radius 3 is 1.21 bits per heavy atom. The quantitative estimate of drug-likeness (QED) is 0.261. The smallest absolute Gasteiger partial charge is 0.194 e. The van der Waals surface area contributed by atoms with Crippen LogP contribution in [0.4, 0.5) is 0 Å². The van der Waals surface area contributed by atoms with Crippen molar-refractivity contribution in [2.45, 2.75) is 0 Å². The van der Waals surface area contributed by atoms with E-state index in [2.05, 4.69) is 66.7 Å². The van der Waals surface area contributed by atoms with E-state index in [9.17, 15) is 5.11 Å². The summed E-state index contributed by atoms with van der Waals surface area (Å²) in [6.45, 7) is 0. The SMILES string of the molecule is [O]c1c2ccccc2c(-c2c3ccccc3cc3ccccc23)c2ccccc12. The summed E-state index contributed by atoms with van der Waals surface area (Å²) in [5.74, 6) is 0.101. The van der Waals surface area contributed by atoms with E-state index in [1.807, 2.05) is 36.4 Å². The van der Waals surface area contributed by atoms with E-state index < -0.39 is 0 Å². The van der Waals surface area contributed by atoms with Crippen LogP contribution in [0.5, 0.6) is 5.75 Å². The van der Waals surface area contributed by atoms with Gasteiger partial charge in [-0.2, -0.15) is 0 Å². The van der Waals surface area contributed by atoms with Gasteiger partial charge in [0.15, 0.2) is 5.75 Å². The van der Waals surface area contributed by atoms with Crippen LogP contribution >= 0.6 is 0 Å². The van der Waals surface area contributed by atoms with Gasteiger partial charge in [-0.25, -0.2) is 0 Å². The standard InChI is InChI=1S/C28H17O/c29-28-24-15-7-5-13-22(24)27(23-14-6-8-16-25(23)28)26-20-11-3-1-9-18(20)17-19-10-2-4-12-21(19)26/h1-17H. The van der Waals surface area contributed by atoms with Crippen molar-refractivity contribution in [1.82, 2.24) is 0 Å². The topological polar surface area (TPSA) is 19.9 Å². The van der Waals surface area contributed by atoms with E-state index in [-0.39, 0.29) is 5.75 Å². The number of fused-ring (bicyclic) bond motifs is 4. The molecule has 1 nitrogen and oxygen atoms in total. The van der Waals surface area contributed by atoms with Crippen molar-refractivity contribution < 1.29 is 5.11 Å². The van der Waals surface area contributed by atoms with Crippen LogP contribution in [0, 0.1) is 0 Å². The lowest BCUT2D eigenvalue weighted by Gasteiger charge is -2.17. The molecular weight excluding hydrogens is 352 g/mol. The molecule has 0 unspecified atom stereocenters. The summed E-state index contributed by atoms with van der Waals surface area (Å²) >= 11 is 0. The van der Waals surface area contributed by atoms with Crippen LogP contribution in [0.1, 0.15) is 0 Å². The summed E-state index contributed by atoms with van der Waals surface area (Å²) in [7, 11) is 0. The Bertz CT molecular complexity index is 1450. The largest absolute Gasteiger partial charge is 0.289 e. The molecule has 1 radical (unpaired) electrons. The Morgan fingerprint density at radius 1 is 0.379 bits per heavy atom. The Morgan fingerprint density at radius 2 is 0.724 bits per heavy atom. The fourth-order valence-corrected chi connectivity index (χ4v) is 4.64. The summed E-state index contributed by atoms with van der Waals surface area (Å²) in [6, 6.07) is 35.3.